The Kier molecular flexibility index (Phi) is 3.87. The fraction of sp³-hybridized carbons (Fsp3) is 0.273. The average molecular weight is 356 g/mol. The maximum atomic E-state index is 12.7. The van der Waals surface area contributed by atoms with E-state index in [4.69, 9.17) is 5.73 Å². The fourth-order valence-electron chi connectivity index (χ4n) is 1.59. The van der Waals surface area contributed by atoms with Gasteiger partial charge in [-0.15, -0.1) is 11.3 Å². The van der Waals surface area contributed by atoms with Crippen molar-refractivity contribution in [1.29, 1.82) is 0 Å². The summed E-state index contributed by atoms with van der Waals surface area (Å²) in [7, 11) is 0. The highest BCUT2D eigenvalue weighted by Gasteiger charge is 2.36. The van der Waals surface area contributed by atoms with Gasteiger partial charge in [0, 0.05) is 14.7 Å². The maximum Gasteiger partial charge on any atom is 0.418 e. The topological polar surface area (TPSA) is 26.0 Å². The van der Waals surface area contributed by atoms with Crippen molar-refractivity contribution in [3.8, 4) is 0 Å². The second kappa shape index (κ2) is 4.96. The highest BCUT2D eigenvalue weighted by molar-refractivity contribution is 9.10. The first kappa shape index (κ1) is 14.0. The van der Waals surface area contributed by atoms with Crippen LogP contribution in [0.1, 0.15) is 27.6 Å². The summed E-state index contributed by atoms with van der Waals surface area (Å²) < 4.78 is 38.1. The predicted octanol–water partition coefficient (Wildman–Crippen LogP) is 4.95. The molecule has 1 unspecified atom stereocenters. The van der Waals surface area contributed by atoms with Crippen LogP contribution in [0.15, 0.2) is 20.6 Å². The molecule has 0 aliphatic rings. The van der Waals surface area contributed by atoms with Gasteiger partial charge in [-0.3, -0.25) is 0 Å². The lowest BCUT2D eigenvalue weighted by molar-refractivity contribution is -0.137. The summed E-state index contributed by atoms with van der Waals surface area (Å²) in [4.78, 5) is 0.504. The number of nitrogens with two attached hydrogens (primary N) is 1. The van der Waals surface area contributed by atoms with E-state index in [0.717, 1.165) is 27.8 Å². The van der Waals surface area contributed by atoms with Gasteiger partial charge < -0.3 is 5.73 Å². The molecule has 2 heterocycles. The average Bonchev–Trinajstić information content (AvgIpc) is 2.82. The van der Waals surface area contributed by atoms with E-state index in [1.54, 1.807) is 0 Å². The summed E-state index contributed by atoms with van der Waals surface area (Å²) in [5.74, 6) is 0. The van der Waals surface area contributed by atoms with Crippen LogP contribution in [0.4, 0.5) is 13.2 Å². The van der Waals surface area contributed by atoms with Crippen LogP contribution in [0.5, 0.6) is 0 Å². The number of aryl methyl sites for hydroxylation is 1. The van der Waals surface area contributed by atoms with E-state index in [9.17, 15) is 13.2 Å². The van der Waals surface area contributed by atoms with Gasteiger partial charge in [0.25, 0.3) is 0 Å². The van der Waals surface area contributed by atoms with Crippen molar-refractivity contribution >= 4 is 38.6 Å². The summed E-state index contributed by atoms with van der Waals surface area (Å²) in [6.45, 7) is 1.90. The van der Waals surface area contributed by atoms with Crippen molar-refractivity contribution in [2.24, 2.45) is 5.73 Å². The van der Waals surface area contributed by atoms with Crippen molar-refractivity contribution in [1.82, 2.24) is 0 Å². The van der Waals surface area contributed by atoms with Crippen LogP contribution in [0.25, 0.3) is 0 Å². The molecule has 0 aliphatic heterocycles. The van der Waals surface area contributed by atoms with Crippen molar-refractivity contribution in [2.75, 3.05) is 0 Å². The van der Waals surface area contributed by atoms with Crippen molar-refractivity contribution in [3.05, 3.63) is 42.2 Å². The third-order valence-electron chi connectivity index (χ3n) is 2.57. The van der Waals surface area contributed by atoms with Gasteiger partial charge in [0.05, 0.1) is 11.6 Å². The van der Waals surface area contributed by atoms with Gasteiger partial charge in [0.15, 0.2) is 0 Å². The van der Waals surface area contributed by atoms with Crippen LogP contribution in [-0.2, 0) is 6.18 Å². The second-order valence-electron chi connectivity index (χ2n) is 3.81. The molecule has 2 rings (SSSR count). The molecule has 0 amide bonds. The molecule has 1 nitrogen and oxygen atoms in total. The Morgan fingerprint density at radius 2 is 1.94 bits per heavy atom. The molecule has 0 radical (unpaired) electrons. The van der Waals surface area contributed by atoms with E-state index < -0.39 is 17.8 Å². The summed E-state index contributed by atoms with van der Waals surface area (Å²) >= 11 is 5.54. The molecule has 1 atom stereocenters. The Labute approximate surface area is 119 Å². The summed E-state index contributed by atoms with van der Waals surface area (Å²) in [6.07, 6.45) is -4.35. The lowest BCUT2D eigenvalue weighted by atomic mass is 10.1. The SMILES string of the molecule is Cc1cscc1C(N)c1scc(C(F)(F)F)c1Br. The number of thiophene rings is 2. The zero-order valence-electron chi connectivity index (χ0n) is 9.22. The van der Waals surface area contributed by atoms with Crippen LogP contribution in [0.3, 0.4) is 0 Å². The smallest absolute Gasteiger partial charge is 0.320 e. The summed E-state index contributed by atoms with van der Waals surface area (Å²) in [5.41, 5.74) is 7.25. The van der Waals surface area contributed by atoms with Gasteiger partial charge in [-0.2, -0.15) is 24.5 Å². The normalized spacial score (nSPS) is 13.9. The largest absolute Gasteiger partial charge is 0.418 e. The molecule has 7 heteroatoms. The Morgan fingerprint density at radius 3 is 2.39 bits per heavy atom. The van der Waals surface area contributed by atoms with E-state index >= 15 is 0 Å². The zero-order chi connectivity index (χ0) is 13.5. The molecule has 0 spiro atoms. The monoisotopic (exact) mass is 355 g/mol. The molecule has 0 bridgehead atoms. The minimum atomic E-state index is -4.35. The second-order valence-corrected chi connectivity index (χ2v) is 6.26. The molecule has 0 aromatic carbocycles. The lowest BCUT2D eigenvalue weighted by Gasteiger charge is -2.11. The molecule has 0 saturated heterocycles. The van der Waals surface area contributed by atoms with Crippen molar-refractivity contribution < 1.29 is 13.2 Å². The van der Waals surface area contributed by atoms with Crippen LogP contribution >= 0.6 is 38.6 Å². The molecular formula is C11H9BrF3NS2. The Morgan fingerprint density at radius 1 is 1.28 bits per heavy atom. The molecule has 0 fully saturated rings. The summed E-state index contributed by atoms with van der Waals surface area (Å²) in [6, 6.07) is -0.522. The van der Waals surface area contributed by atoms with Gasteiger partial charge in [-0.05, 0) is 44.7 Å². The first-order valence-electron chi connectivity index (χ1n) is 4.94. The summed E-state index contributed by atoms with van der Waals surface area (Å²) in [5, 5.41) is 4.90. The van der Waals surface area contributed by atoms with E-state index in [0.29, 0.717) is 4.88 Å². The molecular weight excluding hydrogens is 347 g/mol. The maximum absolute atomic E-state index is 12.7. The highest BCUT2D eigenvalue weighted by atomic mass is 79.9. The first-order valence-corrected chi connectivity index (χ1v) is 7.56. The number of hydrogen-bond acceptors (Lipinski definition) is 3. The van der Waals surface area contributed by atoms with E-state index in [1.807, 2.05) is 17.7 Å². The number of halogens is 4. The first-order chi connectivity index (χ1) is 8.32. The number of alkyl halides is 3. The van der Waals surface area contributed by atoms with E-state index in [1.165, 1.54) is 11.3 Å². The van der Waals surface area contributed by atoms with Gasteiger partial charge in [0.2, 0.25) is 0 Å². The lowest BCUT2D eigenvalue weighted by Crippen LogP contribution is -2.12. The minimum absolute atomic E-state index is 0.0538. The van der Waals surface area contributed by atoms with Gasteiger partial charge in [-0.1, -0.05) is 0 Å². The Hall–Kier alpha value is -0.370. The molecule has 2 aromatic rings. The highest BCUT2D eigenvalue weighted by Crippen LogP contribution is 2.43. The van der Waals surface area contributed by atoms with Crippen LogP contribution in [-0.4, -0.2) is 0 Å². The van der Waals surface area contributed by atoms with Crippen LogP contribution < -0.4 is 5.73 Å². The molecule has 0 aliphatic carbocycles. The molecule has 2 aromatic heterocycles. The molecule has 18 heavy (non-hydrogen) atoms. The van der Waals surface area contributed by atoms with Gasteiger partial charge in [0.1, 0.15) is 0 Å². The zero-order valence-corrected chi connectivity index (χ0v) is 12.4. The minimum Gasteiger partial charge on any atom is -0.320 e. The van der Waals surface area contributed by atoms with Crippen molar-refractivity contribution in [3.63, 3.8) is 0 Å². The van der Waals surface area contributed by atoms with Crippen LogP contribution in [0.2, 0.25) is 0 Å². The van der Waals surface area contributed by atoms with Crippen LogP contribution in [0, 0.1) is 6.92 Å². The number of hydrogen-bond donors (Lipinski definition) is 1. The van der Waals surface area contributed by atoms with Gasteiger partial charge >= 0.3 is 6.18 Å². The third kappa shape index (κ3) is 2.49. The molecule has 2 N–H and O–H groups in total. The van der Waals surface area contributed by atoms with Crippen molar-refractivity contribution in [2.45, 2.75) is 19.1 Å². The molecule has 0 saturated carbocycles. The quantitative estimate of drug-likeness (QED) is 0.810. The Bertz CT molecular complexity index is 559. The number of rotatable bonds is 2. The third-order valence-corrected chi connectivity index (χ3v) is 5.64. The molecule has 98 valence electrons. The Balaban J connectivity index is 2.42. The van der Waals surface area contributed by atoms with E-state index in [2.05, 4.69) is 15.9 Å². The standard InChI is InChI=1S/C11H9BrF3NS2/c1-5-2-17-3-6(5)9(16)10-8(12)7(4-18-10)11(13,14)15/h2-4,9H,16H2,1H3. The van der Waals surface area contributed by atoms with Gasteiger partial charge in [-0.25, -0.2) is 0 Å². The van der Waals surface area contributed by atoms with E-state index in [-0.39, 0.29) is 4.47 Å². The fourth-order valence-corrected chi connectivity index (χ4v) is 4.48. The predicted molar refractivity (Wildman–Crippen MR) is 72.1 cm³/mol.